The van der Waals surface area contributed by atoms with Crippen LogP contribution in [0.5, 0.6) is 0 Å². The lowest BCUT2D eigenvalue weighted by molar-refractivity contribution is 0.102. The summed E-state index contributed by atoms with van der Waals surface area (Å²) in [5.74, 6) is 0.456. The topological polar surface area (TPSA) is 80.9 Å². The van der Waals surface area contributed by atoms with Crippen LogP contribution in [0.3, 0.4) is 0 Å². The molecule has 4 aromatic rings. The first-order chi connectivity index (χ1) is 13.6. The third-order valence-corrected chi connectivity index (χ3v) is 4.39. The summed E-state index contributed by atoms with van der Waals surface area (Å²) in [7, 11) is 0. The Bertz CT molecular complexity index is 1130. The van der Waals surface area contributed by atoms with Crippen molar-refractivity contribution in [3.8, 4) is 22.8 Å². The molecule has 0 bridgehead atoms. The normalized spacial score (nSPS) is 10.6. The van der Waals surface area contributed by atoms with Crippen LogP contribution in [-0.2, 0) is 0 Å². The Hall–Kier alpha value is -3.51. The van der Waals surface area contributed by atoms with Crippen molar-refractivity contribution < 1.29 is 9.32 Å². The lowest BCUT2D eigenvalue weighted by atomic mass is 10.1. The van der Waals surface area contributed by atoms with E-state index in [2.05, 4.69) is 20.4 Å². The van der Waals surface area contributed by atoms with Crippen molar-refractivity contribution in [2.45, 2.75) is 6.92 Å². The predicted octanol–water partition coefficient (Wildman–Crippen LogP) is 5.01. The third kappa shape index (κ3) is 3.63. The summed E-state index contributed by atoms with van der Waals surface area (Å²) in [6.45, 7) is 1.86. The molecule has 2 heterocycles. The number of amides is 1. The second kappa shape index (κ2) is 7.62. The molecular weight excluding hydrogens is 376 g/mol. The standard InChI is InChI=1S/C21H15ClN4O2/c1-13-11-16(22)12-17(18(13)24-20(27)15-5-3-2-4-6-15)21-25-19(26-28-21)14-7-9-23-10-8-14/h2-12H,1H3,(H,24,27). The van der Waals surface area contributed by atoms with Crippen molar-refractivity contribution in [3.63, 3.8) is 0 Å². The second-order valence-electron chi connectivity index (χ2n) is 6.12. The molecule has 2 aromatic carbocycles. The minimum absolute atomic E-state index is 0.235. The molecule has 0 fully saturated rings. The van der Waals surface area contributed by atoms with Gasteiger partial charge in [0.1, 0.15) is 0 Å². The van der Waals surface area contributed by atoms with E-state index in [0.29, 0.717) is 27.7 Å². The van der Waals surface area contributed by atoms with E-state index in [1.54, 1.807) is 48.8 Å². The first kappa shape index (κ1) is 17.9. The molecule has 0 radical (unpaired) electrons. The number of hydrogen-bond acceptors (Lipinski definition) is 5. The second-order valence-corrected chi connectivity index (χ2v) is 6.56. The molecule has 0 atom stereocenters. The van der Waals surface area contributed by atoms with Crippen molar-refractivity contribution in [1.29, 1.82) is 0 Å². The molecule has 0 aliphatic carbocycles. The number of carbonyl (C=O) groups is 1. The van der Waals surface area contributed by atoms with Crippen molar-refractivity contribution in [3.05, 3.63) is 83.1 Å². The number of nitrogens with zero attached hydrogens (tertiary/aromatic N) is 3. The molecule has 0 unspecified atom stereocenters. The van der Waals surface area contributed by atoms with Crippen LogP contribution in [0.15, 0.2) is 71.5 Å². The largest absolute Gasteiger partial charge is 0.334 e. The minimum atomic E-state index is -0.235. The van der Waals surface area contributed by atoms with Crippen LogP contribution >= 0.6 is 11.6 Å². The lowest BCUT2D eigenvalue weighted by Crippen LogP contribution is -2.13. The van der Waals surface area contributed by atoms with Gasteiger partial charge >= 0.3 is 0 Å². The number of anilines is 1. The van der Waals surface area contributed by atoms with E-state index in [4.69, 9.17) is 16.1 Å². The zero-order valence-electron chi connectivity index (χ0n) is 14.9. The average molecular weight is 391 g/mol. The molecule has 7 heteroatoms. The van der Waals surface area contributed by atoms with Crippen LogP contribution < -0.4 is 5.32 Å². The maximum atomic E-state index is 12.6. The van der Waals surface area contributed by atoms with E-state index in [-0.39, 0.29) is 11.8 Å². The molecule has 138 valence electrons. The monoisotopic (exact) mass is 390 g/mol. The first-order valence-electron chi connectivity index (χ1n) is 8.53. The summed E-state index contributed by atoms with van der Waals surface area (Å²) in [5, 5.41) is 7.47. The molecule has 0 saturated heterocycles. The van der Waals surface area contributed by atoms with Gasteiger partial charge in [0.2, 0.25) is 5.82 Å². The summed E-state index contributed by atoms with van der Waals surface area (Å²) in [6.07, 6.45) is 3.31. The number of rotatable bonds is 4. The number of pyridine rings is 1. The Kier molecular flexibility index (Phi) is 4.87. The zero-order valence-corrected chi connectivity index (χ0v) is 15.6. The van der Waals surface area contributed by atoms with Gasteiger partial charge in [-0.3, -0.25) is 9.78 Å². The average Bonchev–Trinajstić information content (AvgIpc) is 3.21. The SMILES string of the molecule is Cc1cc(Cl)cc(-c2nc(-c3ccncc3)no2)c1NC(=O)c1ccccc1. The molecule has 6 nitrogen and oxygen atoms in total. The van der Waals surface area contributed by atoms with Gasteiger partial charge in [-0.25, -0.2) is 0 Å². The summed E-state index contributed by atoms with van der Waals surface area (Å²) in [5.41, 5.74) is 3.24. The summed E-state index contributed by atoms with van der Waals surface area (Å²) in [6, 6.07) is 16.0. The molecule has 0 spiro atoms. The minimum Gasteiger partial charge on any atom is -0.334 e. The lowest BCUT2D eigenvalue weighted by Gasteiger charge is -2.12. The molecule has 0 aliphatic heterocycles. The third-order valence-electron chi connectivity index (χ3n) is 4.17. The van der Waals surface area contributed by atoms with Gasteiger partial charge in [0.25, 0.3) is 11.8 Å². The Morgan fingerprint density at radius 2 is 1.82 bits per heavy atom. The first-order valence-corrected chi connectivity index (χ1v) is 8.90. The van der Waals surface area contributed by atoms with E-state index in [0.717, 1.165) is 11.1 Å². The fourth-order valence-corrected chi connectivity index (χ4v) is 3.08. The van der Waals surface area contributed by atoms with Crippen molar-refractivity contribution in [1.82, 2.24) is 15.1 Å². The highest BCUT2D eigenvalue weighted by molar-refractivity contribution is 6.31. The van der Waals surface area contributed by atoms with Crippen molar-refractivity contribution in [2.75, 3.05) is 5.32 Å². The highest BCUT2D eigenvalue weighted by Gasteiger charge is 2.19. The fraction of sp³-hybridized carbons (Fsp3) is 0.0476. The Labute approximate surface area is 166 Å². The van der Waals surface area contributed by atoms with E-state index in [9.17, 15) is 4.79 Å². The molecule has 4 rings (SSSR count). The smallest absolute Gasteiger partial charge is 0.260 e. The number of halogens is 1. The predicted molar refractivity (Wildman–Crippen MR) is 107 cm³/mol. The van der Waals surface area contributed by atoms with Gasteiger partial charge in [-0.15, -0.1) is 0 Å². The Morgan fingerprint density at radius 3 is 2.57 bits per heavy atom. The summed E-state index contributed by atoms with van der Waals surface area (Å²) >= 11 is 6.24. The molecule has 1 amide bonds. The van der Waals surface area contributed by atoms with Gasteiger partial charge in [0.15, 0.2) is 0 Å². The van der Waals surface area contributed by atoms with Crippen LogP contribution in [-0.4, -0.2) is 21.0 Å². The van der Waals surface area contributed by atoms with Gasteiger partial charge in [-0.1, -0.05) is 35.0 Å². The molecule has 1 N–H and O–H groups in total. The number of aryl methyl sites for hydroxylation is 1. The summed E-state index contributed by atoms with van der Waals surface area (Å²) < 4.78 is 5.45. The highest BCUT2D eigenvalue weighted by Crippen LogP contribution is 2.34. The molecule has 2 aromatic heterocycles. The van der Waals surface area contributed by atoms with Gasteiger partial charge in [0.05, 0.1) is 11.3 Å². The van der Waals surface area contributed by atoms with Crippen LogP contribution in [0.2, 0.25) is 5.02 Å². The fourth-order valence-electron chi connectivity index (χ4n) is 2.80. The van der Waals surface area contributed by atoms with Gasteiger partial charge in [-0.05, 0) is 48.9 Å². The van der Waals surface area contributed by atoms with Crippen LogP contribution in [0.25, 0.3) is 22.8 Å². The molecule has 0 aliphatic rings. The van der Waals surface area contributed by atoms with E-state index < -0.39 is 0 Å². The van der Waals surface area contributed by atoms with Gasteiger partial charge in [-0.2, -0.15) is 4.98 Å². The van der Waals surface area contributed by atoms with Crippen LogP contribution in [0.1, 0.15) is 15.9 Å². The quantitative estimate of drug-likeness (QED) is 0.529. The van der Waals surface area contributed by atoms with Gasteiger partial charge in [0, 0.05) is 28.5 Å². The van der Waals surface area contributed by atoms with E-state index in [1.165, 1.54) is 0 Å². The molecular formula is C21H15ClN4O2. The Morgan fingerprint density at radius 1 is 1.07 bits per heavy atom. The van der Waals surface area contributed by atoms with Gasteiger partial charge < -0.3 is 9.84 Å². The van der Waals surface area contributed by atoms with E-state index in [1.807, 2.05) is 25.1 Å². The van der Waals surface area contributed by atoms with Crippen LogP contribution in [0.4, 0.5) is 5.69 Å². The number of nitrogens with one attached hydrogen (secondary N) is 1. The molecule has 0 saturated carbocycles. The maximum Gasteiger partial charge on any atom is 0.260 e. The van der Waals surface area contributed by atoms with E-state index >= 15 is 0 Å². The summed E-state index contributed by atoms with van der Waals surface area (Å²) in [4.78, 5) is 21.1. The number of benzene rings is 2. The van der Waals surface area contributed by atoms with Crippen LogP contribution in [0, 0.1) is 6.92 Å². The molecule has 28 heavy (non-hydrogen) atoms. The van der Waals surface area contributed by atoms with Crippen molar-refractivity contribution in [2.24, 2.45) is 0 Å². The number of hydrogen-bond donors (Lipinski definition) is 1. The number of aromatic nitrogens is 3. The number of carbonyl (C=O) groups excluding carboxylic acids is 1. The Balaban J connectivity index is 1.73. The maximum absolute atomic E-state index is 12.6. The zero-order chi connectivity index (χ0) is 19.5. The highest BCUT2D eigenvalue weighted by atomic mass is 35.5. The van der Waals surface area contributed by atoms with Crippen molar-refractivity contribution >= 4 is 23.2 Å².